The number of benzene rings is 1. The van der Waals surface area contributed by atoms with Gasteiger partial charge in [0.15, 0.2) is 0 Å². The molecule has 1 aliphatic heterocycles. The van der Waals surface area contributed by atoms with Crippen molar-refractivity contribution in [3.63, 3.8) is 0 Å². The monoisotopic (exact) mass is 295 g/mol. The van der Waals surface area contributed by atoms with Crippen LogP contribution in [-0.2, 0) is 0 Å². The van der Waals surface area contributed by atoms with Crippen LogP contribution in [-0.4, -0.2) is 6.61 Å². The van der Waals surface area contributed by atoms with E-state index in [4.69, 9.17) is 22.1 Å². The average Bonchev–Trinajstić information content (AvgIpc) is 2.35. The summed E-state index contributed by atoms with van der Waals surface area (Å²) in [6, 6.07) is 3.79. The lowest BCUT2D eigenvalue weighted by Gasteiger charge is -2.02. The van der Waals surface area contributed by atoms with E-state index in [-0.39, 0.29) is 6.04 Å². The maximum Gasteiger partial charge on any atom is 0.125 e. The van der Waals surface area contributed by atoms with Crippen molar-refractivity contribution in [2.75, 3.05) is 6.61 Å². The maximum absolute atomic E-state index is 5.94. The molecular weight excluding hydrogens is 288 g/mol. The molecule has 0 bridgehead atoms. The minimum absolute atomic E-state index is 0.0190. The number of hydrogen-bond acceptors (Lipinski definition) is 2. The first kappa shape index (κ1) is 8.59. The van der Waals surface area contributed by atoms with Crippen LogP contribution < -0.4 is 10.5 Å². The molecule has 2 N–H and O–H groups in total. The molecule has 0 aliphatic carbocycles. The molecule has 2 nitrogen and oxygen atoms in total. The van der Waals surface area contributed by atoms with Gasteiger partial charge in [-0.2, -0.15) is 0 Å². The zero-order valence-corrected chi connectivity index (χ0v) is 9.09. The molecule has 1 aromatic rings. The molecule has 0 saturated carbocycles. The average molecular weight is 296 g/mol. The Balaban J connectivity index is 2.56. The molecule has 0 unspecified atom stereocenters. The fourth-order valence-electron chi connectivity index (χ4n) is 1.23. The summed E-state index contributed by atoms with van der Waals surface area (Å²) in [6.45, 7) is 0.561. The number of fused-ring (bicyclic) bond motifs is 1. The molecule has 0 aromatic heterocycles. The van der Waals surface area contributed by atoms with Crippen molar-refractivity contribution < 1.29 is 4.74 Å². The van der Waals surface area contributed by atoms with Crippen molar-refractivity contribution in [1.82, 2.24) is 0 Å². The molecule has 1 aliphatic rings. The molecule has 64 valence electrons. The Hall–Kier alpha value is -0.0000000000000000555. The van der Waals surface area contributed by atoms with Crippen LogP contribution in [0, 0.1) is 3.57 Å². The van der Waals surface area contributed by atoms with E-state index in [1.807, 2.05) is 12.1 Å². The minimum atomic E-state index is -0.0190. The fraction of sp³-hybridized carbons (Fsp3) is 0.250. The highest BCUT2D eigenvalue weighted by Crippen LogP contribution is 2.35. The van der Waals surface area contributed by atoms with E-state index in [0.717, 1.165) is 19.9 Å². The second-order valence-electron chi connectivity index (χ2n) is 2.72. The van der Waals surface area contributed by atoms with E-state index >= 15 is 0 Å². The van der Waals surface area contributed by atoms with E-state index < -0.39 is 0 Å². The SMILES string of the molecule is N[C@H]1COc2cc(I)c(Cl)cc21. The summed E-state index contributed by atoms with van der Waals surface area (Å²) in [7, 11) is 0. The van der Waals surface area contributed by atoms with Crippen LogP contribution in [0.2, 0.25) is 5.02 Å². The summed E-state index contributed by atoms with van der Waals surface area (Å²) in [6.07, 6.45) is 0. The van der Waals surface area contributed by atoms with Crippen molar-refractivity contribution >= 4 is 34.2 Å². The zero-order valence-electron chi connectivity index (χ0n) is 6.18. The Morgan fingerprint density at radius 2 is 2.33 bits per heavy atom. The second kappa shape index (κ2) is 3.05. The highest BCUT2D eigenvalue weighted by molar-refractivity contribution is 14.1. The minimum Gasteiger partial charge on any atom is -0.491 e. The molecular formula is C8H7ClINO. The van der Waals surface area contributed by atoms with Crippen LogP contribution in [0.5, 0.6) is 5.75 Å². The van der Waals surface area contributed by atoms with Crippen LogP contribution in [0.3, 0.4) is 0 Å². The number of nitrogens with two attached hydrogens (primary N) is 1. The second-order valence-corrected chi connectivity index (χ2v) is 4.29. The van der Waals surface area contributed by atoms with Crippen LogP contribution in [0.15, 0.2) is 12.1 Å². The molecule has 1 aromatic carbocycles. The van der Waals surface area contributed by atoms with E-state index in [1.54, 1.807) is 0 Å². The Labute approximate surface area is 89.2 Å². The summed E-state index contributed by atoms with van der Waals surface area (Å²) in [5.41, 5.74) is 6.79. The zero-order chi connectivity index (χ0) is 8.72. The van der Waals surface area contributed by atoms with E-state index in [0.29, 0.717) is 6.61 Å². The summed E-state index contributed by atoms with van der Waals surface area (Å²) < 4.78 is 6.36. The third-order valence-electron chi connectivity index (χ3n) is 1.87. The Morgan fingerprint density at radius 1 is 1.58 bits per heavy atom. The van der Waals surface area contributed by atoms with Crippen LogP contribution in [0.1, 0.15) is 11.6 Å². The first-order valence-corrected chi connectivity index (χ1v) is 5.01. The molecule has 12 heavy (non-hydrogen) atoms. The van der Waals surface area contributed by atoms with Crippen molar-refractivity contribution in [3.05, 3.63) is 26.3 Å². The third-order valence-corrected chi connectivity index (χ3v) is 3.39. The quantitative estimate of drug-likeness (QED) is 0.746. The summed E-state index contributed by atoms with van der Waals surface area (Å²) in [5, 5.41) is 0.746. The molecule has 0 saturated heterocycles. The van der Waals surface area contributed by atoms with Crippen molar-refractivity contribution in [1.29, 1.82) is 0 Å². The molecule has 0 radical (unpaired) electrons. The van der Waals surface area contributed by atoms with Crippen LogP contribution >= 0.6 is 34.2 Å². The Bertz CT molecular complexity index is 329. The van der Waals surface area contributed by atoms with Gasteiger partial charge in [0.05, 0.1) is 11.1 Å². The van der Waals surface area contributed by atoms with Crippen LogP contribution in [0.25, 0.3) is 0 Å². The van der Waals surface area contributed by atoms with Gasteiger partial charge in [-0.3, -0.25) is 0 Å². The molecule has 0 fully saturated rings. The normalized spacial score (nSPS) is 20.4. The fourth-order valence-corrected chi connectivity index (χ4v) is 1.84. The van der Waals surface area contributed by atoms with Gasteiger partial charge in [-0.1, -0.05) is 11.6 Å². The third kappa shape index (κ3) is 1.30. The molecule has 4 heteroatoms. The Kier molecular flexibility index (Phi) is 2.18. The van der Waals surface area contributed by atoms with Gasteiger partial charge in [-0.05, 0) is 34.7 Å². The lowest BCUT2D eigenvalue weighted by Crippen LogP contribution is -2.10. The number of rotatable bonds is 0. The van der Waals surface area contributed by atoms with Gasteiger partial charge in [0, 0.05) is 9.13 Å². The Morgan fingerprint density at radius 3 is 3.08 bits per heavy atom. The summed E-state index contributed by atoms with van der Waals surface area (Å²) in [5.74, 6) is 0.872. The van der Waals surface area contributed by atoms with E-state index in [9.17, 15) is 0 Å². The summed E-state index contributed by atoms with van der Waals surface area (Å²) in [4.78, 5) is 0. The summed E-state index contributed by atoms with van der Waals surface area (Å²) >= 11 is 8.11. The molecule has 2 rings (SSSR count). The lowest BCUT2D eigenvalue weighted by molar-refractivity contribution is 0.333. The van der Waals surface area contributed by atoms with Crippen LogP contribution in [0.4, 0.5) is 0 Å². The predicted octanol–water partition coefficient (Wildman–Crippen LogP) is 2.34. The lowest BCUT2D eigenvalue weighted by atomic mass is 10.1. The number of halogens is 2. The largest absolute Gasteiger partial charge is 0.491 e. The van der Waals surface area contributed by atoms with Gasteiger partial charge in [0.1, 0.15) is 12.4 Å². The smallest absolute Gasteiger partial charge is 0.125 e. The molecule has 1 atom stereocenters. The highest BCUT2D eigenvalue weighted by Gasteiger charge is 2.21. The van der Waals surface area contributed by atoms with Gasteiger partial charge >= 0.3 is 0 Å². The van der Waals surface area contributed by atoms with Crippen molar-refractivity contribution in [2.24, 2.45) is 5.73 Å². The van der Waals surface area contributed by atoms with Gasteiger partial charge < -0.3 is 10.5 Å². The van der Waals surface area contributed by atoms with Gasteiger partial charge in [0.25, 0.3) is 0 Å². The van der Waals surface area contributed by atoms with Gasteiger partial charge in [-0.25, -0.2) is 0 Å². The van der Waals surface area contributed by atoms with E-state index in [1.165, 1.54) is 0 Å². The number of hydrogen-bond donors (Lipinski definition) is 1. The number of ether oxygens (including phenoxy) is 1. The molecule has 0 amide bonds. The highest BCUT2D eigenvalue weighted by atomic mass is 127. The maximum atomic E-state index is 5.94. The molecule has 0 spiro atoms. The van der Waals surface area contributed by atoms with Crippen molar-refractivity contribution in [2.45, 2.75) is 6.04 Å². The van der Waals surface area contributed by atoms with Gasteiger partial charge in [0.2, 0.25) is 0 Å². The predicted molar refractivity (Wildman–Crippen MR) is 56.6 cm³/mol. The first-order valence-electron chi connectivity index (χ1n) is 3.56. The standard InChI is InChI=1S/C8H7ClINO/c9-5-1-4-7(11)3-12-8(4)2-6(5)10/h1-2,7H,3,11H2/t7-/m0/s1. The molecule has 1 heterocycles. The van der Waals surface area contributed by atoms with Gasteiger partial charge in [-0.15, -0.1) is 0 Å². The topological polar surface area (TPSA) is 35.2 Å². The van der Waals surface area contributed by atoms with E-state index in [2.05, 4.69) is 22.6 Å². The van der Waals surface area contributed by atoms with Crippen molar-refractivity contribution in [3.8, 4) is 5.75 Å². The first-order chi connectivity index (χ1) is 5.68.